The number of Topliss-reactive ketones (excluding diaryl/α,β-unsaturated/α-hetero) is 1. The van der Waals surface area contributed by atoms with Crippen LogP contribution in [0.4, 0.5) is 5.69 Å². The van der Waals surface area contributed by atoms with Crippen molar-refractivity contribution in [1.82, 2.24) is 4.72 Å². The third kappa shape index (κ3) is 3.92. The summed E-state index contributed by atoms with van der Waals surface area (Å²) in [6.45, 7) is 3.93. The van der Waals surface area contributed by atoms with E-state index in [0.29, 0.717) is 18.6 Å². The van der Waals surface area contributed by atoms with Gasteiger partial charge in [0.1, 0.15) is 11.5 Å². The first-order valence-electron chi connectivity index (χ1n) is 10.1. The standard InChI is InChI=1S/C21H26N2O6S2/c1-20(2)15-8-9-21(20,19(24)11-15)14-30(25,26)23-16-5-3-7-18(12-16)31(27,28)22-13-17-6-4-10-29-17/h3-7,10,12,15,22-23H,8-9,11,13-14H2,1-2H3/t15-,21+/m0/s1. The van der Waals surface area contributed by atoms with Gasteiger partial charge in [0.15, 0.2) is 0 Å². The van der Waals surface area contributed by atoms with E-state index < -0.39 is 25.5 Å². The van der Waals surface area contributed by atoms with Gasteiger partial charge in [-0.1, -0.05) is 19.9 Å². The van der Waals surface area contributed by atoms with Gasteiger partial charge in [0.2, 0.25) is 20.0 Å². The fourth-order valence-corrected chi connectivity index (χ4v) is 7.96. The maximum absolute atomic E-state index is 13.0. The van der Waals surface area contributed by atoms with Crippen molar-refractivity contribution in [2.75, 3.05) is 10.5 Å². The molecular formula is C21H26N2O6S2. The highest BCUT2D eigenvalue weighted by molar-refractivity contribution is 7.92. The Bertz CT molecular complexity index is 1200. The van der Waals surface area contributed by atoms with Gasteiger partial charge in [-0.15, -0.1) is 0 Å². The first-order valence-corrected chi connectivity index (χ1v) is 13.2. The van der Waals surface area contributed by atoms with Crippen LogP contribution in [0.5, 0.6) is 0 Å². The van der Waals surface area contributed by atoms with Crippen molar-refractivity contribution in [3.05, 3.63) is 48.4 Å². The number of sulfonamides is 2. The number of rotatable bonds is 8. The van der Waals surface area contributed by atoms with Crippen molar-refractivity contribution in [3.63, 3.8) is 0 Å². The van der Waals surface area contributed by atoms with E-state index >= 15 is 0 Å². The summed E-state index contributed by atoms with van der Waals surface area (Å²) in [5.74, 6) is 0.385. The zero-order valence-corrected chi connectivity index (χ0v) is 19.1. The molecule has 31 heavy (non-hydrogen) atoms. The van der Waals surface area contributed by atoms with Crippen LogP contribution >= 0.6 is 0 Å². The quantitative estimate of drug-likeness (QED) is 0.617. The fourth-order valence-electron chi connectivity index (χ4n) is 5.04. The van der Waals surface area contributed by atoms with E-state index in [1.54, 1.807) is 12.1 Å². The maximum Gasteiger partial charge on any atom is 0.241 e. The summed E-state index contributed by atoms with van der Waals surface area (Å²) >= 11 is 0. The van der Waals surface area contributed by atoms with E-state index in [-0.39, 0.29) is 40.0 Å². The molecule has 2 aliphatic carbocycles. The molecule has 0 saturated heterocycles. The van der Waals surface area contributed by atoms with Crippen molar-refractivity contribution in [2.24, 2.45) is 16.7 Å². The lowest BCUT2D eigenvalue weighted by Crippen LogP contribution is -2.43. The Morgan fingerprint density at radius 3 is 2.52 bits per heavy atom. The first-order chi connectivity index (χ1) is 14.5. The summed E-state index contributed by atoms with van der Waals surface area (Å²) in [4.78, 5) is 12.6. The highest BCUT2D eigenvalue weighted by atomic mass is 32.2. The Kier molecular flexibility index (Phi) is 5.30. The molecule has 2 aromatic rings. The molecule has 1 aromatic carbocycles. The van der Waals surface area contributed by atoms with Crippen LogP contribution in [0.1, 0.15) is 38.9 Å². The Labute approximate surface area is 182 Å². The summed E-state index contributed by atoms with van der Waals surface area (Å²) in [5, 5.41) is 0. The monoisotopic (exact) mass is 466 g/mol. The van der Waals surface area contributed by atoms with E-state index in [2.05, 4.69) is 9.44 Å². The molecule has 10 heteroatoms. The molecule has 4 rings (SSSR count). The van der Waals surface area contributed by atoms with Crippen LogP contribution in [-0.2, 0) is 31.4 Å². The second-order valence-corrected chi connectivity index (χ2v) is 12.4. The number of anilines is 1. The molecule has 2 N–H and O–H groups in total. The SMILES string of the molecule is CC1(C)[C@H]2CC[C@@]1(CS(=O)(=O)Nc1cccc(S(=O)(=O)NCc3ccco3)c1)C(=O)C2. The Balaban J connectivity index is 1.51. The van der Waals surface area contributed by atoms with Gasteiger partial charge in [-0.05, 0) is 54.5 Å². The van der Waals surface area contributed by atoms with Crippen molar-refractivity contribution >= 4 is 31.5 Å². The highest BCUT2D eigenvalue weighted by Crippen LogP contribution is 2.64. The van der Waals surface area contributed by atoms with E-state index in [1.807, 2.05) is 13.8 Å². The average Bonchev–Trinajstić information content (AvgIpc) is 3.33. The minimum atomic E-state index is -3.88. The zero-order chi connectivity index (χ0) is 22.5. The Hall–Kier alpha value is -2.17. The number of hydrogen-bond acceptors (Lipinski definition) is 6. The van der Waals surface area contributed by atoms with Gasteiger partial charge in [0, 0.05) is 12.1 Å². The second-order valence-electron chi connectivity index (χ2n) is 8.96. The van der Waals surface area contributed by atoms with Crippen molar-refractivity contribution in [2.45, 2.75) is 44.6 Å². The van der Waals surface area contributed by atoms with Gasteiger partial charge in [-0.3, -0.25) is 9.52 Å². The number of ketones is 1. The number of carbonyl (C=O) groups excluding carboxylic acids is 1. The van der Waals surface area contributed by atoms with Crippen LogP contribution in [0.15, 0.2) is 52.0 Å². The molecule has 2 atom stereocenters. The lowest BCUT2D eigenvalue weighted by Gasteiger charge is -2.36. The largest absolute Gasteiger partial charge is 0.468 e. The molecular weight excluding hydrogens is 440 g/mol. The number of fused-ring (bicyclic) bond motifs is 2. The van der Waals surface area contributed by atoms with Crippen LogP contribution in [0.25, 0.3) is 0 Å². The number of furan rings is 1. The third-order valence-electron chi connectivity index (χ3n) is 7.01. The molecule has 2 fully saturated rings. The molecule has 8 nitrogen and oxygen atoms in total. The van der Waals surface area contributed by atoms with Crippen LogP contribution in [0, 0.1) is 16.7 Å². The van der Waals surface area contributed by atoms with Gasteiger partial charge < -0.3 is 4.42 Å². The predicted octanol–water partition coefficient (Wildman–Crippen LogP) is 2.90. The molecule has 0 unspecified atom stereocenters. The Morgan fingerprint density at radius 2 is 1.90 bits per heavy atom. The van der Waals surface area contributed by atoms with Crippen LogP contribution < -0.4 is 9.44 Å². The van der Waals surface area contributed by atoms with E-state index in [0.717, 1.165) is 6.42 Å². The molecule has 0 aliphatic heterocycles. The van der Waals surface area contributed by atoms with E-state index in [1.165, 1.54) is 30.5 Å². The molecule has 1 heterocycles. The van der Waals surface area contributed by atoms with Crippen LogP contribution in [-0.4, -0.2) is 28.4 Å². The summed E-state index contributed by atoms with van der Waals surface area (Å²) in [7, 11) is -7.75. The molecule has 0 spiro atoms. The molecule has 168 valence electrons. The molecule has 2 bridgehead atoms. The third-order valence-corrected chi connectivity index (χ3v) is 9.83. The number of hydrogen-bond donors (Lipinski definition) is 2. The molecule has 2 saturated carbocycles. The van der Waals surface area contributed by atoms with Gasteiger partial charge in [0.05, 0.1) is 28.9 Å². The Morgan fingerprint density at radius 1 is 1.13 bits per heavy atom. The van der Waals surface area contributed by atoms with Gasteiger partial charge in [0.25, 0.3) is 0 Å². The summed E-state index contributed by atoms with van der Waals surface area (Å²) < 4.78 is 61.1. The van der Waals surface area contributed by atoms with Crippen molar-refractivity contribution < 1.29 is 26.0 Å². The van der Waals surface area contributed by atoms with Crippen molar-refractivity contribution in [1.29, 1.82) is 0 Å². The molecule has 0 amide bonds. The summed E-state index contributed by atoms with van der Waals surface area (Å²) in [5.41, 5.74) is -1.13. The van der Waals surface area contributed by atoms with Gasteiger partial charge in [-0.2, -0.15) is 0 Å². The van der Waals surface area contributed by atoms with Gasteiger partial charge >= 0.3 is 0 Å². The molecule has 0 radical (unpaired) electrons. The highest BCUT2D eigenvalue weighted by Gasteiger charge is 2.65. The molecule has 1 aromatic heterocycles. The van der Waals surface area contributed by atoms with E-state index in [4.69, 9.17) is 4.42 Å². The van der Waals surface area contributed by atoms with Crippen LogP contribution in [0.3, 0.4) is 0 Å². The lowest BCUT2D eigenvalue weighted by molar-refractivity contribution is -0.128. The number of benzene rings is 1. The topological polar surface area (TPSA) is 123 Å². The summed E-state index contributed by atoms with van der Waals surface area (Å²) in [6.07, 6.45) is 3.29. The minimum Gasteiger partial charge on any atom is -0.468 e. The normalized spacial score (nSPS) is 25.1. The minimum absolute atomic E-state index is 0.0116. The van der Waals surface area contributed by atoms with Crippen LogP contribution in [0.2, 0.25) is 0 Å². The van der Waals surface area contributed by atoms with E-state index in [9.17, 15) is 21.6 Å². The maximum atomic E-state index is 13.0. The number of nitrogens with one attached hydrogen (secondary N) is 2. The molecule has 2 aliphatic rings. The summed E-state index contributed by atoms with van der Waals surface area (Å²) in [6, 6.07) is 8.89. The smallest absolute Gasteiger partial charge is 0.241 e. The van der Waals surface area contributed by atoms with Gasteiger partial charge in [-0.25, -0.2) is 21.6 Å². The fraction of sp³-hybridized carbons (Fsp3) is 0.476. The first kappa shape index (κ1) is 22.0. The van der Waals surface area contributed by atoms with Crippen molar-refractivity contribution in [3.8, 4) is 0 Å². The lowest BCUT2D eigenvalue weighted by atomic mass is 9.70. The second kappa shape index (κ2) is 7.46. The number of carbonyl (C=O) groups is 1. The average molecular weight is 467 g/mol. The predicted molar refractivity (Wildman–Crippen MR) is 115 cm³/mol. The zero-order valence-electron chi connectivity index (χ0n) is 17.4.